The Morgan fingerprint density at radius 3 is 2.08 bits per heavy atom. The van der Waals surface area contributed by atoms with Crippen molar-refractivity contribution in [2.24, 2.45) is 0 Å². The predicted molar refractivity (Wildman–Crippen MR) is 85.7 cm³/mol. The number of alkyl halides is 6. The molecule has 0 spiro atoms. The number of hydrogen-bond acceptors (Lipinski definition) is 3. The highest BCUT2D eigenvalue weighted by molar-refractivity contribution is 5.85. The maximum Gasteiger partial charge on any atom is 0.461 e. The lowest BCUT2D eigenvalue weighted by molar-refractivity contribution is -0.253. The maximum absolute atomic E-state index is 13.5. The fourth-order valence-corrected chi connectivity index (χ4v) is 2.46. The number of nitrogens with zero attached hydrogens (tertiary/aromatic N) is 1. The van der Waals surface area contributed by atoms with E-state index in [1.807, 2.05) is 0 Å². The lowest BCUT2D eigenvalue weighted by Crippen LogP contribution is -2.47. The van der Waals surface area contributed by atoms with Gasteiger partial charge in [0.15, 0.2) is 0 Å². The van der Waals surface area contributed by atoms with Crippen molar-refractivity contribution in [3.63, 3.8) is 0 Å². The molecule has 1 aliphatic rings. The summed E-state index contributed by atoms with van der Waals surface area (Å²) in [5.41, 5.74) is -0.232. The molecule has 1 aliphatic heterocycles. The van der Waals surface area contributed by atoms with Crippen LogP contribution in [0.15, 0.2) is 24.3 Å². The van der Waals surface area contributed by atoms with E-state index in [0.29, 0.717) is 13.1 Å². The van der Waals surface area contributed by atoms with Crippen LogP contribution < -0.4 is 10.1 Å². The van der Waals surface area contributed by atoms with Gasteiger partial charge in [0, 0.05) is 31.7 Å². The van der Waals surface area contributed by atoms with Crippen molar-refractivity contribution in [1.29, 1.82) is 0 Å². The smallest absolute Gasteiger partial charge is 0.428 e. The van der Waals surface area contributed by atoms with Crippen LogP contribution >= 0.6 is 24.8 Å². The van der Waals surface area contributed by atoms with Gasteiger partial charge in [0.1, 0.15) is 5.75 Å². The Hall–Kier alpha value is -0.900. The first-order valence-electron chi connectivity index (χ1n) is 6.99. The number of rotatable bonds is 6. The van der Waals surface area contributed by atoms with Crippen molar-refractivity contribution >= 4 is 24.8 Å². The first kappa shape index (κ1) is 24.1. The van der Waals surface area contributed by atoms with Crippen LogP contribution in [0.3, 0.4) is 0 Å². The maximum atomic E-state index is 13.5. The van der Waals surface area contributed by atoms with Crippen LogP contribution in [0.2, 0.25) is 0 Å². The average molecular weight is 415 g/mol. The van der Waals surface area contributed by atoms with Gasteiger partial charge in [0.2, 0.25) is 0 Å². The van der Waals surface area contributed by atoms with Gasteiger partial charge in [-0.3, -0.25) is 4.90 Å². The third kappa shape index (κ3) is 6.09. The highest BCUT2D eigenvalue weighted by Crippen LogP contribution is 2.37. The average Bonchev–Trinajstić information content (AvgIpc) is 2.49. The number of ether oxygens (including phenoxy) is 1. The summed E-state index contributed by atoms with van der Waals surface area (Å²) in [7, 11) is 0. The molecule has 2 rings (SSSR count). The molecule has 1 saturated heterocycles. The number of halogens is 8. The molecule has 0 aliphatic carbocycles. The number of benzene rings is 1. The number of hydrogen-bond donors (Lipinski definition) is 1. The normalized spacial score (nSPS) is 17.0. The molecule has 0 radical (unpaired) electrons. The van der Waals surface area contributed by atoms with Gasteiger partial charge in [-0.2, -0.15) is 17.6 Å². The summed E-state index contributed by atoms with van der Waals surface area (Å²) in [5.74, 6) is -0.665. The van der Waals surface area contributed by atoms with Gasteiger partial charge in [0.05, 0.1) is 6.04 Å². The third-order valence-electron chi connectivity index (χ3n) is 3.52. The Balaban J connectivity index is 0.00000288. The lowest BCUT2D eigenvalue weighted by Gasteiger charge is -2.35. The standard InChI is InChI=1S/C14H16F6N2O.2ClH/c15-12(16)11(22-7-5-21-6-8-22)9-3-1-2-4-10(9)23-14(19,20)13(17)18;;/h1-4,11-13,21H,5-8H2;2*1H/t11-;;/m1../s1. The summed E-state index contributed by atoms with van der Waals surface area (Å²) in [6, 6.07) is 3.32. The molecule has 1 N–H and O–H groups in total. The van der Waals surface area contributed by atoms with E-state index in [1.54, 1.807) is 0 Å². The van der Waals surface area contributed by atoms with Crippen LogP contribution in [0, 0.1) is 0 Å². The highest BCUT2D eigenvalue weighted by atomic mass is 35.5. The topological polar surface area (TPSA) is 24.5 Å². The fourth-order valence-electron chi connectivity index (χ4n) is 2.46. The van der Waals surface area contributed by atoms with Crippen molar-refractivity contribution in [3.8, 4) is 5.75 Å². The van der Waals surface area contributed by atoms with Crippen LogP contribution in [0.25, 0.3) is 0 Å². The molecule has 0 bridgehead atoms. The Morgan fingerprint density at radius 2 is 1.56 bits per heavy atom. The summed E-state index contributed by atoms with van der Waals surface area (Å²) in [6.45, 7) is 1.52. The highest BCUT2D eigenvalue weighted by Gasteiger charge is 2.45. The van der Waals surface area contributed by atoms with Crippen molar-refractivity contribution in [2.75, 3.05) is 26.2 Å². The van der Waals surface area contributed by atoms with Crippen molar-refractivity contribution in [3.05, 3.63) is 29.8 Å². The molecule has 11 heteroatoms. The van der Waals surface area contributed by atoms with Crippen molar-refractivity contribution in [2.45, 2.75) is 25.0 Å². The van der Waals surface area contributed by atoms with Gasteiger partial charge in [-0.1, -0.05) is 18.2 Å². The molecule has 1 aromatic carbocycles. The molecule has 1 atom stereocenters. The Kier molecular flexibility index (Phi) is 9.93. The van der Waals surface area contributed by atoms with Gasteiger partial charge in [-0.25, -0.2) is 8.78 Å². The minimum Gasteiger partial charge on any atom is -0.428 e. The summed E-state index contributed by atoms with van der Waals surface area (Å²) < 4.78 is 81.9. The molecule has 1 aromatic rings. The molecule has 146 valence electrons. The fraction of sp³-hybridized carbons (Fsp3) is 0.571. The molecule has 1 heterocycles. The lowest BCUT2D eigenvalue weighted by atomic mass is 10.0. The van der Waals surface area contributed by atoms with Gasteiger partial charge < -0.3 is 10.1 Å². The molecule has 25 heavy (non-hydrogen) atoms. The van der Waals surface area contributed by atoms with Crippen LogP contribution in [0.4, 0.5) is 26.3 Å². The van der Waals surface area contributed by atoms with Crippen LogP contribution in [-0.4, -0.2) is 50.0 Å². The van der Waals surface area contributed by atoms with Crippen LogP contribution in [0.1, 0.15) is 11.6 Å². The molecule has 0 aromatic heterocycles. The predicted octanol–water partition coefficient (Wildman–Crippen LogP) is 3.98. The van der Waals surface area contributed by atoms with E-state index in [9.17, 15) is 26.3 Å². The summed E-state index contributed by atoms with van der Waals surface area (Å²) in [6.07, 6.45) is -11.7. The zero-order chi connectivity index (χ0) is 17.0. The van der Waals surface area contributed by atoms with Gasteiger partial charge in [0.25, 0.3) is 6.43 Å². The number of piperazine rings is 1. The molecular weight excluding hydrogens is 397 g/mol. The van der Waals surface area contributed by atoms with E-state index in [0.717, 1.165) is 6.07 Å². The molecule has 0 saturated carbocycles. The Morgan fingerprint density at radius 1 is 1.00 bits per heavy atom. The quantitative estimate of drug-likeness (QED) is 0.712. The molecular formula is C14H18Cl2F6N2O. The molecule has 0 amide bonds. The summed E-state index contributed by atoms with van der Waals surface area (Å²) in [5, 5.41) is 2.99. The zero-order valence-corrected chi connectivity index (χ0v) is 14.4. The van der Waals surface area contributed by atoms with E-state index in [4.69, 9.17) is 0 Å². The van der Waals surface area contributed by atoms with Gasteiger partial charge in [-0.15, -0.1) is 24.8 Å². The second-order valence-corrected chi connectivity index (χ2v) is 5.07. The van der Waals surface area contributed by atoms with Crippen molar-refractivity contribution < 1.29 is 31.1 Å². The largest absolute Gasteiger partial charge is 0.461 e. The number of para-hydroxylation sites is 1. The minimum atomic E-state index is -4.74. The van der Waals surface area contributed by atoms with Crippen LogP contribution in [-0.2, 0) is 0 Å². The first-order valence-corrected chi connectivity index (χ1v) is 6.99. The Bertz CT molecular complexity index is 518. The molecule has 0 unspecified atom stereocenters. The van der Waals surface area contributed by atoms with Gasteiger partial charge in [-0.05, 0) is 6.07 Å². The second-order valence-electron chi connectivity index (χ2n) is 5.07. The minimum absolute atomic E-state index is 0. The third-order valence-corrected chi connectivity index (χ3v) is 3.52. The van der Waals surface area contributed by atoms with E-state index in [-0.39, 0.29) is 43.5 Å². The summed E-state index contributed by atoms with van der Waals surface area (Å²) >= 11 is 0. The van der Waals surface area contributed by atoms with E-state index in [2.05, 4.69) is 10.1 Å². The second kappa shape index (κ2) is 10.3. The van der Waals surface area contributed by atoms with E-state index >= 15 is 0 Å². The van der Waals surface area contributed by atoms with E-state index < -0.39 is 30.8 Å². The zero-order valence-electron chi connectivity index (χ0n) is 12.8. The first-order chi connectivity index (χ1) is 10.8. The van der Waals surface area contributed by atoms with Gasteiger partial charge >= 0.3 is 12.5 Å². The number of nitrogens with one attached hydrogen (secondary N) is 1. The monoisotopic (exact) mass is 414 g/mol. The SMILES string of the molecule is Cl.Cl.FC(F)[C@@H](c1ccccc1OC(F)(F)C(F)F)N1CCNCC1. The van der Waals surface area contributed by atoms with E-state index in [1.165, 1.54) is 23.1 Å². The van der Waals surface area contributed by atoms with Crippen molar-refractivity contribution in [1.82, 2.24) is 10.2 Å². The van der Waals surface area contributed by atoms with Crippen LogP contribution in [0.5, 0.6) is 5.75 Å². The molecule has 3 nitrogen and oxygen atoms in total. The molecule has 1 fully saturated rings. The summed E-state index contributed by atoms with van der Waals surface area (Å²) in [4.78, 5) is 1.42. The Labute approximate surface area is 153 Å².